The molecule has 0 aliphatic carbocycles. The Bertz CT molecular complexity index is 237. The number of carboxylic acids is 1. The Morgan fingerprint density at radius 3 is 2.70 bits per heavy atom. The average Bonchev–Trinajstić information content (AvgIpc) is 2.34. The van der Waals surface area contributed by atoms with Gasteiger partial charge in [-0.3, -0.25) is 0 Å². The number of carboxylic acid groups (broad SMARTS) is 1. The lowest BCUT2D eigenvalue weighted by molar-refractivity contribution is 0.0660. The minimum Gasteiger partial charge on any atom is -0.475 e. The predicted molar refractivity (Wildman–Crippen MR) is 34.7 cm³/mol. The van der Waals surface area contributed by atoms with E-state index in [0.717, 1.165) is 0 Å². The summed E-state index contributed by atoms with van der Waals surface area (Å²) in [5.74, 6) is -0.476. The molecule has 0 unspecified atom stereocenters. The Labute approximate surface area is 58.3 Å². The van der Waals surface area contributed by atoms with Gasteiger partial charge in [-0.2, -0.15) is 0 Å². The van der Waals surface area contributed by atoms with E-state index >= 15 is 0 Å². The molecule has 3 nitrogen and oxygen atoms in total. The molecular formula is C7H7O3. The SMILES string of the molecule is [CH2]Cc1ccc(C(=O)O)o1. The highest BCUT2D eigenvalue weighted by Crippen LogP contribution is 2.07. The second-order valence-corrected chi connectivity index (χ2v) is 1.82. The molecule has 0 bridgehead atoms. The van der Waals surface area contributed by atoms with E-state index in [9.17, 15) is 4.79 Å². The van der Waals surface area contributed by atoms with Gasteiger partial charge in [0.15, 0.2) is 0 Å². The second kappa shape index (κ2) is 2.56. The molecule has 0 aliphatic heterocycles. The first-order valence-corrected chi connectivity index (χ1v) is 2.85. The van der Waals surface area contributed by atoms with Gasteiger partial charge >= 0.3 is 5.97 Å². The fourth-order valence-electron chi connectivity index (χ4n) is 0.627. The van der Waals surface area contributed by atoms with Crippen LogP contribution in [0.15, 0.2) is 16.5 Å². The largest absolute Gasteiger partial charge is 0.475 e. The van der Waals surface area contributed by atoms with Gasteiger partial charge in [-0.25, -0.2) is 4.79 Å². The molecule has 1 rings (SSSR count). The van der Waals surface area contributed by atoms with E-state index in [1.54, 1.807) is 6.07 Å². The number of furan rings is 1. The molecule has 0 saturated heterocycles. The van der Waals surface area contributed by atoms with Crippen LogP contribution in [0.4, 0.5) is 0 Å². The van der Waals surface area contributed by atoms with E-state index in [-0.39, 0.29) is 5.76 Å². The molecule has 1 N–H and O–H groups in total. The van der Waals surface area contributed by atoms with E-state index < -0.39 is 5.97 Å². The molecule has 10 heavy (non-hydrogen) atoms. The highest BCUT2D eigenvalue weighted by Gasteiger charge is 2.06. The van der Waals surface area contributed by atoms with Crippen LogP contribution in [0.3, 0.4) is 0 Å². The summed E-state index contributed by atoms with van der Waals surface area (Å²) < 4.78 is 4.83. The quantitative estimate of drug-likeness (QED) is 0.672. The van der Waals surface area contributed by atoms with Gasteiger partial charge in [0.1, 0.15) is 5.76 Å². The summed E-state index contributed by atoms with van der Waals surface area (Å²) >= 11 is 0. The normalized spacial score (nSPS) is 9.70. The first kappa shape index (κ1) is 6.86. The van der Waals surface area contributed by atoms with Gasteiger partial charge in [-0.05, 0) is 19.1 Å². The maximum Gasteiger partial charge on any atom is 0.371 e. The Morgan fingerprint density at radius 1 is 1.70 bits per heavy atom. The summed E-state index contributed by atoms with van der Waals surface area (Å²) in [7, 11) is 0. The lowest BCUT2D eigenvalue weighted by Gasteiger charge is -1.85. The second-order valence-electron chi connectivity index (χ2n) is 1.82. The molecule has 1 aromatic heterocycles. The van der Waals surface area contributed by atoms with Crippen molar-refractivity contribution < 1.29 is 14.3 Å². The minimum absolute atomic E-state index is 0.0290. The summed E-state index contributed by atoms with van der Waals surface area (Å²) in [5.41, 5.74) is 0. The zero-order chi connectivity index (χ0) is 7.56. The minimum atomic E-state index is -1.04. The Kier molecular flexibility index (Phi) is 1.76. The average molecular weight is 139 g/mol. The van der Waals surface area contributed by atoms with Crippen LogP contribution < -0.4 is 0 Å². The van der Waals surface area contributed by atoms with Crippen LogP contribution >= 0.6 is 0 Å². The van der Waals surface area contributed by atoms with Gasteiger partial charge in [0, 0.05) is 6.42 Å². The fourth-order valence-corrected chi connectivity index (χ4v) is 0.627. The van der Waals surface area contributed by atoms with E-state index in [2.05, 4.69) is 6.92 Å². The van der Waals surface area contributed by atoms with E-state index in [1.807, 2.05) is 0 Å². The highest BCUT2D eigenvalue weighted by atomic mass is 16.4. The molecule has 0 amide bonds. The molecule has 0 atom stereocenters. The molecule has 0 aromatic carbocycles. The van der Waals surface area contributed by atoms with Crippen LogP contribution in [0.25, 0.3) is 0 Å². The smallest absolute Gasteiger partial charge is 0.371 e. The summed E-state index contributed by atoms with van der Waals surface area (Å²) in [4.78, 5) is 10.2. The van der Waals surface area contributed by atoms with Crippen molar-refractivity contribution in [3.63, 3.8) is 0 Å². The molecule has 1 heterocycles. The topological polar surface area (TPSA) is 50.4 Å². The van der Waals surface area contributed by atoms with Crippen molar-refractivity contribution in [2.24, 2.45) is 0 Å². The van der Waals surface area contributed by atoms with Crippen molar-refractivity contribution in [1.82, 2.24) is 0 Å². The van der Waals surface area contributed by atoms with Crippen LogP contribution in [0.2, 0.25) is 0 Å². The lowest BCUT2D eigenvalue weighted by atomic mass is 10.4. The molecular weight excluding hydrogens is 132 g/mol. The highest BCUT2D eigenvalue weighted by molar-refractivity contribution is 5.84. The molecule has 1 radical (unpaired) electrons. The van der Waals surface area contributed by atoms with E-state index in [4.69, 9.17) is 9.52 Å². The van der Waals surface area contributed by atoms with Gasteiger partial charge < -0.3 is 9.52 Å². The maximum atomic E-state index is 10.2. The zero-order valence-electron chi connectivity index (χ0n) is 5.33. The Hall–Kier alpha value is -1.25. The number of hydrogen-bond acceptors (Lipinski definition) is 2. The number of rotatable bonds is 2. The van der Waals surface area contributed by atoms with Crippen molar-refractivity contribution in [3.8, 4) is 0 Å². The monoisotopic (exact) mass is 139 g/mol. The van der Waals surface area contributed by atoms with Gasteiger partial charge in [-0.15, -0.1) is 0 Å². The van der Waals surface area contributed by atoms with Gasteiger partial charge in [0.2, 0.25) is 5.76 Å². The summed E-state index contributed by atoms with van der Waals surface area (Å²) in [6, 6.07) is 3.03. The van der Waals surface area contributed by atoms with Crippen LogP contribution in [0.1, 0.15) is 16.3 Å². The summed E-state index contributed by atoms with van der Waals surface area (Å²) in [5, 5.41) is 8.38. The number of carbonyl (C=O) groups is 1. The third-order valence-corrected chi connectivity index (χ3v) is 1.12. The first-order valence-electron chi connectivity index (χ1n) is 2.85. The van der Waals surface area contributed by atoms with Crippen molar-refractivity contribution in [2.45, 2.75) is 6.42 Å². The van der Waals surface area contributed by atoms with E-state index in [0.29, 0.717) is 12.2 Å². The Morgan fingerprint density at radius 2 is 2.40 bits per heavy atom. The van der Waals surface area contributed by atoms with Gasteiger partial charge in [-0.1, -0.05) is 0 Å². The van der Waals surface area contributed by atoms with Crippen molar-refractivity contribution in [3.05, 3.63) is 30.6 Å². The number of hydrogen-bond donors (Lipinski definition) is 1. The third-order valence-electron chi connectivity index (χ3n) is 1.12. The van der Waals surface area contributed by atoms with Crippen LogP contribution in [0.5, 0.6) is 0 Å². The molecule has 0 saturated carbocycles. The molecule has 0 spiro atoms. The number of aromatic carboxylic acids is 1. The van der Waals surface area contributed by atoms with Gasteiger partial charge in [0.25, 0.3) is 0 Å². The van der Waals surface area contributed by atoms with Gasteiger partial charge in [0.05, 0.1) is 0 Å². The molecule has 1 aromatic rings. The van der Waals surface area contributed by atoms with Crippen LogP contribution in [0, 0.1) is 6.92 Å². The summed E-state index contributed by atoms with van der Waals surface area (Å²) in [6.07, 6.45) is 0.479. The molecule has 0 aliphatic rings. The maximum absolute atomic E-state index is 10.2. The van der Waals surface area contributed by atoms with Crippen LogP contribution in [-0.2, 0) is 6.42 Å². The molecule has 3 heteroatoms. The third kappa shape index (κ3) is 1.18. The van der Waals surface area contributed by atoms with Crippen LogP contribution in [-0.4, -0.2) is 11.1 Å². The van der Waals surface area contributed by atoms with Crippen molar-refractivity contribution in [1.29, 1.82) is 0 Å². The van der Waals surface area contributed by atoms with Crippen molar-refractivity contribution in [2.75, 3.05) is 0 Å². The Balaban J connectivity index is 2.88. The standard InChI is InChI=1S/C7H7O3/c1-2-5-3-4-6(10-5)7(8)9/h3-4H,1-2H2,(H,8,9). The van der Waals surface area contributed by atoms with E-state index in [1.165, 1.54) is 6.07 Å². The fraction of sp³-hybridized carbons (Fsp3) is 0.143. The zero-order valence-corrected chi connectivity index (χ0v) is 5.33. The first-order chi connectivity index (χ1) is 4.74. The molecule has 0 fully saturated rings. The lowest BCUT2D eigenvalue weighted by Crippen LogP contribution is -1.91. The van der Waals surface area contributed by atoms with Crippen molar-refractivity contribution >= 4 is 5.97 Å². The summed E-state index contributed by atoms with van der Waals surface area (Å²) in [6.45, 7) is 3.54. The molecule has 53 valence electrons. The predicted octanol–water partition coefficient (Wildman–Crippen LogP) is 1.35.